The number of aryl methyl sites for hydroxylation is 1. The number of anilines is 2. The van der Waals surface area contributed by atoms with Gasteiger partial charge >= 0.3 is 5.97 Å². The third-order valence-electron chi connectivity index (χ3n) is 7.62. The van der Waals surface area contributed by atoms with Gasteiger partial charge in [0.15, 0.2) is 0 Å². The van der Waals surface area contributed by atoms with E-state index in [1.54, 1.807) is 53.7 Å². The van der Waals surface area contributed by atoms with Crippen LogP contribution in [0.5, 0.6) is 11.5 Å². The van der Waals surface area contributed by atoms with Crippen LogP contribution in [-0.2, 0) is 4.79 Å². The molecule has 1 unspecified atom stereocenters. The molecule has 3 aromatic carbocycles. The lowest BCUT2D eigenvalue weighted by atomic mass is 9.92. The predicted molar refractivity (Wildman–Crippen MR) is 166 cm³/mol. The number of amides is 2. The average Bonchev–Trinajstić information content (AvgIpc) is 3.58. The summed E-state index contributed by atoms with van der Waals surface area (Å²) in [4.78, 5) is 45.5. The Bertz CT molecular complexity index is 1910. The molecule has 43 heavy (non-hydrogen) atoms. The molecule has 218 valence electrons. The SMILES string of the molecule is Cc1cccc2c(OC(=O)C(C)C)cc3c(c12)C(CCl)CN3C(=O)c1cn2cc(NC(=O)c3ccc(O)cc3)ccc2n1. The van der Waals surface area contributed by atoms with E-state index >= 15 is 0 Å². The van der Waals surface area contributed by atoms with Crippen LogP contribution in [0.25, 0.3) is 16.4 Å². The van der Waals surface area contributed by atoms with Crippen molar-refractivity contribution in [1.82, 2.24) is 9.38 Å². The van der Waals surface area contributed by atoms with Crippen molar-refractivity contribution in [2.24, 2.45) is 5.92 Å². The highest BCUT2D eigenvalue weighted by atomic mass is 35.5. The van der Waals surface area contributed by atoms with Gasteiger partial charge in [0.25, 0.3) is 11.8 Å². The van der Waals surface area contributed by atoms with Crippen molar-refractivity contribution in [3.05, 3.63) is 95.4 Å². The predicted octanol–water partition coefficient (Wildman–Crippen LogP) is 6.30. The van der Waals surface area contributed by atoms with Gasteiger partial charge in [-0.15, -0.1) is 11.6 Å². The molecular weight excluding hydrogens is 568 g/mol. The number of phenols is 1. The number of aromatic hydroxyl groups is 1. The quantitative estimate of drug-likeness (QED) is 0.135. The number of rotatable bonds is 6. The lowest BCUT2D eigenvalue weighted by Crippen LogP contribution is -2.30. The zero-order valence-corrected chi connectivity index (χ0v) is 24.6. The van der Waals surface area contributed by atoms with Gasteiger partial charge in [0.1, 0.15) is 22.8 Å². The molecule has 1 aliphatic rings. The number of phenolic OH excluding ortho intramolecular Hbond substituents is 1. The summed E-state index contributed by atoms with van der Waals surface area (Å²) >= 11 is 6.46. The smallest absolute Gasteiger partial charge is 0.313 e. The van der Waals surface area contributed by atoms with Crippen molar-refractivity contribution >= 4 is 57.2 Å². The summed E-state index contributed by atoms with van der Waals surface area (Å²) in [5.41, 5.74) is 4.23. The highest BCUT2D eigenvalue weighted by Crippen LogP contribution is 2.47. The monoisotopic (exact) mass is 596 g/mol. The van der Waals surface area contributed by atoms with E-state index in [-0.39, 0.29) is 41.1 Å². The molecule has 0 bridgehead atoms. The first-order chi connectivity index (χ1) is 20.6. The number of carbonyl (C=O) groups excluding carboxylic acids is 3. The number of pyridine rings is 1. The van der Waals surface area contributed by atoms with Crippen molar-refractivity contribution < 1.29 is 24.2 Å². The first-order valence-electron chi connectivity index (χ1n) is 13.9. The van der Waals surface area contributed by atoms with E-state index in [1.165, 1.54) is 24.3 Å². The number of halogens is 1. The number of esters is 1. The molecule has 0 saturated heterocycles. The molecule has 0 saturated carbocycles. The lowest BCUT2D eigenvalue weighted by Gasteiger charge is -2.19. The van der Waals surface area contributed by atoms with Crippen molar-refractivity contribution in [2.75, 3.05) is 22.6 Å². The van der Waals surface area contributed by atoms with Gasteiger partial charge in [0, 0.05) is 47.8 Å². The van der Waals surface area contributed by atoms with Crippen LogP contribution in [0, 0.1) is 12.8 Å². The van der Waals surface area contributed by atoms with Crippen molar-refractivity contribution in [1.29, 1.82) is 0 Å². The molecule has 1 atom stereocenters. The summed E-state index contributed by atoms with van der Waals surface area (Å²) in [6.45, 7) is 5.89. The fourth-order valence-corrected chi connectivity index (χ4v) is 5.69. The second-order valence-corrected chi connectivity index (χ2v) is 11.3. The van der Waals surface area contributed by atoms with Crippen LogP contribution in [0.4, 0.5) is 11.4 Å². The van der Waals surface area contributed by atoms with Crippen LogP contribution < -0.4 is 15.0 Å². The van der Waals surface area contributed by atoms with E-state index in [0.717, 1.165) is 21.9 Å². The van der Waals surface area contributed by atoms with Crippen LogP contribution in [0.1, 0.15) is 51.7 Å². The minimum atomic E-state index is -0.360. The molecule has 2 amide bonds. The second-order valence-electron chi connectivity index (χ2n) is 11.0. The summed E-state index contributed by atoms with van der Waals surface area (Å²) in [5, 5.41) is 14.0. The van der Waals surface area contributed by atoms with E-state index in [4.69, 9.17) is 16.3 Å². The number of hydrogen-bond donors (Lipinski definition) is 2. The summed E-state index contributed by atoms with van der Waals surface area (Å²) in [6, 6.07) is 16.9. The van der Waals surface area contributed by atoms with Crippen LogP contribution >= 0.6 is 11.6 Å². The number of imidazole rings is 1. The second kappa shape index (κ2) is 11.1. The Balaban J connectivity index is 1.35. The summed E-state index contributed by atoms with van der Waals surface area (Å²) in [6.07, 6.45) is 3.30. The van der Waals surface area contributed by atoms with Gasteiger partial charge in [-0.25, -0.2) is 4.98 Å². The van der Waals surface area contributed by atoms with Crippen LogP contribution in [-0.4, -0.2) is 44.7 Å². The maximum Gasteiger partial charge on any atom is 0.313 e. The zero-order chi connectivity index (χ0) is 30.4. The molecule has 0 fully saturated rings. The topological polar surface area (TPSA) is 113 Å². The fraction of sp³-hybridized carbons (Fsp3) is 0.212. The highest BCUT2D eigenvalue weighted by molar-refractivity contribution is 6.19. The number of nitrogens with one attached hydrogen (secondary N) is 1. The number of aromatic nitrogens is 2. The van der Waals surface area contributed by atoms with E-state index in [0.29, 0.717) is 40.8 Å². The fourth-order valence-electron chi connectivity index (χ4n) is 5.44. The average molecular weight is 597 g/mol. The van der Waals surface area contributed by atoms with Gasteiger partial charge in [-0.05, 0) is 59.8 Å². The van der Waals surface area contributed by atoms with Gasteiger partial charge in [-0.3, -0.25) is 14.4 Å². The number of hydrogen-bond acceptors (Lipinski definition) is 6. The molecule has 9 nitrogen and oxygen atoms in total. The van der Waals surface area contributed by atoms with E-state index < -0.39 is 0 Å². The molecule has 2 N–H and O–H groups in total. The van der Waals surface area contributed by atoms with Gasteiger partial charge in [0.2, 0.25) is 0 Å². The molecule has 0 radical (unpaired) electrons. The largest absolute Gasteiger partial charge is 0.508 e. The Morgan fingerprint density at radius 1 is 1.09 bits per heavy atom. The minimum absolute atomic E-state index is 0.0719. The van der Waals surface area contributed by atoms with Gasteiger partial charge in [-0.2, -0.15) is 0 Å². The Hall–Kier alpha value is -4.89. The molecule has 1 aliphatic heterocycles. The number of carbonyl (C=O) groups is 3. The number of alkyl halides is 1. The minimum Gasteiger partial charge on any atom is -0.508 e. The van der Waals surface area contributed by atoms with Crippen molar-refractivity contribution in [3.8, 4) is 11.5 Å². The molecule has 6 rings (SSSR count). The first kappa shape index (κ1) is 28.2. The normalized spacial score (nSPS) is 14.3. The van der Waals surface area contributed by atoms with E-state index in [9.17, 15) is 19.5 Å². The molecule has 3 heterocycles. The van der Waals surface area contributed by atoms with Gasteiger partial charge < -0.3 is 24.5 Å². The number of benzene rings is 3. The van der Waals surface area contributed by atoms with E-state index in [1.807, 2.05) is 25.1 Å². The third kappa shape index (κ3) is 5.17. The summed E-state index contributed by atoms with van der Waals surface area (Å²) in [5.74, 6) is -0.694. The number of nitrogens with zero attached hydrogens (tertiary/aromatic N) is 3. The van der Waals surface area contributed by atoms with Gasteiger partial charge in [-0.1, -0.05) is 32.0 Å². The number of ether oxygens (including phenoxy) is 1. The molecule has 0 aliphatic carbocycles. The maximum absolute atomic E-state index is 14.0. The molecule has 0 spiro atoms. The summed E-state index contributed by atoms with van der Waals surface area (Å²) in [7, 11) is 0. The zero-order valence-electron chi connectivity index (χ0n) is 23.8. The number of fused-ring (bicyclic) bond motifs is 4. The van der Waals surface area contributed by atoms with Gasteiger partial charge in [0.05, 0.1) is 17.3 Å². The third-order valence-corrected chi connectivity index (χ3v) is 8.00. The standard InChI is InChI=1S/C33H29ClN4O5/c1-18(2)33(42)43-27-13-26-30(29-19(3)5-4-6-24(27)29)21(14-34)15-38(26)32(41)25-17-37-16-22(9-12-28(37)36-25)35-31(40)20-7-10-23(39)11-8-20/h4-13,16-18,21,39H,14-15H2,1-3H3,(H,35,40). The van der Waals surface area contributed by atoms with Crippen molar-refractivity contribution in [2.45, 2.75) is 26.7 Å². The van der Waals surface area contributed by atoms with Crippen LogP contribution in [0.2, 0.25) is 0 Å². The Morgan fingerprint density at radius 3 is 2.58 bits per heavy atom. The molecule has 10 heteroatoms. The molecular formula is C33H29ClN4O5. The van der Waals surface area contributed by atoms with Crippen LogP contribution in [0.3, 0.4) is 0 Å². The highest BCUT2D eigenvalue weighted by Gasteiger charge is 2.36. The lowest BCUT2D eigenvalue weighted by molar-refractivity contribution is -0.137. The Kier molecular flexibility index (Phi) is 7.27. The Morgan fingerprint density at radius 2 is 1.86 bits per heavy atom. The van der Waals surface area contributed by atoms with Crippen LogP contribution in [0.15, 0.2) is 73.1 Å². The first-order valence-corrected chi connectivity index (χ1v) is 14.4. The Labute approximate surface area is 252 Å². The van der Waals surface area contributed by atoms with Crippen molar-refractivity contribution in [3.63, 3.8) is 0 Å². The summed E-state index contributed by atoms with van der Waals surface area (Å²) < 4.78 is 7.50. The molecule has 5 aromatic rings. The van der Waals surface area contributed by atoms with E-state index in [2.05, 4.69) is 10.3 Å². The molecule has 2 aromatic heterocycles. The maximum atomic E-state index is 14.0.